The number of hydrogen-bond donors (Lipinski definition) is 0. The Kier molecular flexibility index (Phi) is 7.03. The number of thiazole rings is 1. The summed E-state index contributed by atoms with van der Waals surface area (Å²) in [4.78, 5) is 32.2. The average Bonchev–Trinajstić information content (AvgIpc) is 3.41. The molecular formula is C30H27N3O4S. The molecule has 0 saturated heterocycles. The van der Waals surface area contributed by atoms with Crippen LogP contribution < -0.4 is 19.6 Å². The SMILES string of the molecule is C#CCn1cc(/C=c2\sc3n(c2=O)[C@H](c2ccc(OCC)cc2)C(C(=O)OCC)=C(C)N=3)c2ccccc21. The molecule has 0 unspecified atom stereocenters. The Morgan fingerprint density at radius 2 is 1.92 bits per heavy atom. The first-order valence-electron chi connectivity index (χ1n) is 12.4. The number of aromatic nitrogens is 2. The minimum absolute atomic E-state index is 0.220. The molecule has 1 atom stereocenters. The number of fused-ring (bicyclic) bond motifs is 2. The summed E-state index contributed by atoms with van der Waals surface area (Å²) in [6, 6.07) is 14.7. The van der Waals surface area contributed by atoms with Gasteiger partial charge in [0, 0.05) is 22.7 Å². The molecule has 7 nitrogen and oxygen atoms in total. The van der Waals surface area contributed by atoms with Crippen LogP contribution in [-0.2, 0) is 16.1 Å². The van der Waals surface area contributed by atoms with Crippen molar-refractivity contribution in [3.63, 3.8) is 0 Å². The summed E-state index contributed by atoms with van der Waals surface area (Å²) in [7, 11) is 0. The van der Waals surface area contributed by atoms with Gasteiger partial charge in [-0.05, 0) is 50.6 Å². The largest absolute Gasteiger partial charge is 0.494 e. The molecule has 192 valence electrons. The van der Waals surface area contributed by atoms with E-state index in [1.165, 1.54) is 11.3 Å². The highest BCUT2D eigenvalue weighted by atomic mass is 32.1. The highest BCUT2D eigenvalue weighted by Gasteiger charge is 2.33. The summed E-state index contributed by atoms with van der Waals surface area (Å²) in [6.07, 6.45) is 9.41. The number of rotatable bonds is 7. The lowest BCUT2D eigenvalue weighted by Gasteiger charge is -2.24. The van der Waals surface area contributed by atoms with Crippen LogP contribution in [0.15, 0.2) is 75.8 Å². The van der Waals surface area contributed by atoms with Crippen molar-refractivity contribution in [1.29, 1.82) is 0 Å². The van der Waals surface area contributed by atoms with Crippen LogP contribution in [0.5, 0.6) is 5.75 Å². The molecule has 0 amide bonds. The van der Waals surface area contributed by atoms with E-state index in [1.54, 1.807) is 18.4 Å². The molecule has 5 rings (SSSR count). The Morgan fingerprint density at radius 3 is 2.63 bits per heavy atom. The van der Waals surface area contributed by atoms with Gasteiger partial charge in [-0.3, -0.25) is 9.36 Å². The Morgan fingerprint density at radius 1 is 1.16 bits per heavy atom. The van der Waals surface area contributed by atoms with Gasteiger partial charge < -0.3 is 14.0 Å². The lowest BCUT2D eigenvalue weighted by atomic mass is 9.96. The Bertz CT molecular complexity index is 1780. The van der Waals surface area contributed by atoms with Gasteiger partial charge in [0.25, 0.3) is 5.56 Å². The molecule has 0 N–H and O–H groups in total. The zero-order valence-electron chi connectivity index (χ0n) is 21.4. The molecule has 0 spiro atoms. The van der Waals surface area contributed by atoms with Crippen molar-refractivity contribution in [2.75, 3.05) is 13.2 Å². The number of carbonyl (C=O) groups is 1. The van der Waals surface area contributed by atoms with Gasteiger partial charge in [0.1, 0.15) is 5.75 Å². The molecule has 8 heteroatoms. The maximum atomic E-state index is 13.9. The Hall–Kier alpha value is -4.35. The summed E-state index contributed by atoms with van der Waals surface area (Å²) in [6.45, 7) is 6.64. The van der Waals surface area contributed by atoms with E-state index in [9.17, 15) is 9.59 Å². The molecule has 38 heavy (non-hydrogen) atoms. The van der Waals surface area contributed by atoms with Crippen LogP contribution in [0.4, 0.5) is 0 Å². The molecule has 0 saturated carbocycles. The zero-order chi connectivity index (χ0) is 26.8. The van der Waals surface area contributed by atoms with E-state index < -0.39 is 12.0 Å². The quantitative estimate of drug-likeness (QED) is 0.272. The molecular weight excluding hydrogens is 498 g/mol. The van der Waals surface area contributed by atoms with Crippen molar-refractivity contribution in [1.82, 2.24) is 9.13 Å². The van der Waals surface area contributed by atoms with Crippen molar-refractivity contribution in [3.05, 3.63) is 96.8 Å². The number of para-hydroxylation sites is 1. The Balaban J connectivity index is 1.71. The number of terminal acetylenes is 1. The van der Waals surface area contributed by atoms with E-state index in [0.29, 0.717) is 39.5 Å². The number of allylic oxidation sites excluding steroid dienone is 1. The number of esters is 1. The third-order valence-corrected chi connectivity index (χ3v) is 7.37. The minimum atomic E-state index is -0.675. The van der Waals surface area contributed by atoms with E-state index in [2.05, 4.69) is 10.9 Å². The predicted octanol–water partition coefficient (Wildman–Crippen LogP) is 3.78. The van der Waals surface area contributed by atoms with Gasteiger partial charge in [-0.25, -0.2) is 9.79 Å². The second kappa shape index (κ2) is 10.6. The highest BCUT2D eigenvalue weighted by Crippen LogP contribution is 2.31. The first-order chi connectivity index (χ1) is 18.5. The summed E-state index contributed by atoms with van der Waals surface area (Å²) >= 11 is 1.30. The molecule has 1 aliphatic heterocycles. The maximum absolute atomic E-state index is 13.9. The van der Waals surface area contributed by atoms with Crippen LogP contribution in [0.2, 0.25) is 0 Å². The first kappa shape index (κ1) is 25.3. The van der Waals surface area contributed by atoms with Crippen LogP contribution >= 0.6 is 11.3 Å². The number of carbonyl (C=O) groups excluding carboxylic acids is 1. The maximum Gasteiger partial charge on any atom is 0.338 e. The fraction of sp³-hybridized carbons (Fsp3) is 0.233. The van der Waals surface area contributed by atoms with Crippen LogP contribution in [0.3, 0.4) is 0 Å². The minimum Gasteiger partial charge on any atom is -0.494 e. The summed E-state index contributed by atoms with van der Waals surface area (Å²) in [5, 5.41) is 1.00. The van der Waals surface area contributed by atoms with Crippen molar-refractivity contribution >= 4 is 34.3 Å². The summed E-state index contributed by atoms with van der Waals surface area (Å²) in [5.74, 6) is 2.91. The van der Waals surface area contributed by atoms with Gasteiger partial charge in [0.2, 0.25) is 0 Å². The second-order valence-electron chi connectivity index (χ2n) is 8.74. The van der Waals surface area contributed by atoms with E-state index >= 15 is 0 Å². The van der Waals surface area contributed by atoms with Gasteiger partial charge in [-0.15, -0.1) is 6.42 Å². The zero-order valence-corrected chi connectivity index (χ0v) is 22.2. The van der Waals surface area contributed by atoms with Crippen molar-refractivity contribution < 1.29 is 14.3 Å². The molecule has 2 aromatic heterocycles. The van der Waals surface area contributed by atoms with E-state index in [4.69, 9.17) is 15.9 Å². The van der Waals surface area contributed by atoms with Crippen molar-refractivity contribution in [2.45, 2.75) is 33.4 Å². The van der Waals surface area contributed by atoms with Crippen LogP contribution in [0, 0.1) is 12.3 Å². The van der Waals surface area contributed by atoms with Gasteiger partial charge in [-0.2, -0.15) is 0 Å². The molecule has 0 bridgehead atoms. The molecule has 0 fully saturated rings. The fourth-order valence-corrected chi connectivity index (χ4v) is 5.82. The van der Waals surface area contributed by atoms with Crippen molar-refractivity contribution in [2.24, 2.45) is 4.99 Å². The average molecular weight is 526 g/mol. The smallest absolute Gasteiger partial charge is 0.338 e. The lowest BCUT2D eigenvalue weighted by molar-refractivity contribution is -0.139. The third-order valence-electron chi connectivity index (χ3n) is 6.39. The van der Waals surface area contributed by atoms with E-state index in [-0.39, 0.29) is 12.2 Å². The number of hydrogen-bond acceptors (Lipinski definition) is 6. The third kappa shape index (κ3) is 4.46. The van der Waals surface area contributed by atoms with Crippen LogP contribution in [0.1, 0.15) is 37.9 Å². The number of ether oxygens (including phenoxy) is 2. The van der Waals surface area contributed by atoms with Crippen LogP contribution in [0.25, 0.3) is 17.0 Å². The van der Waals surface area contributed by atoms with Gasteiger partial charge in [0.05, 0.1) is 41.6 Å². The topological polar surface area (TPSA) is 74.8 Å². The molecule has 0 radical (unpaired) electrons. The molecule has 4 aromatic rings. The first-order valence-corrected chi connectivity index (χ1v) is 13.2. The fourth-order valence-electron chi connectivity index (χ4n) is 4.78. The standard InChI is InChI=1S/C30H27N3O4S/c1-5-16-32-18-21(23-10-8-9-11-24(23)32)17-25-28(34)33-27(20-12-14-22(15-13-20)36-6-2)26(29(35)37-7-3)19(4)31-30(33)38-25/h1,8-15,17-18,27H,6-7,16H2,2-4H3/b25-17-/t27-/m1/s1. The normalized spacial score (nSPS) is 15.2. The predicted molar refractivity (Wildman–Crippen MR) is 149 cm³/mol. The van der Waals surface area contributed by atoms with Gasteiger partial charge in [-0.1, -0.05) is 47.6 Å². The molecule has 3 heterocycles. The molecule has 1 aliphatic rings. The van der Waals surface area contributed by atoms with E-state index in [1.807, 2.05) is 72.3 Å². The number of nitrogens with zero attached hydrogens (tertiary/aromatic N) is 3. The second-order valence-corrected chi connectivity index (χ2v) is 9.75. The summed E-state index contributed by atoms with van der Waals surface area (Å²) in [5.41, 5.74) is 3.30. The number of benzene rings is 2. The lowest BCUT2D eigenvalue weighted by Crippen LogP contribution is -2.39. The Labute approximate surface area is 224 Å². The monoisotopic (exact) mass is 525 g/mol. The summed E-state index contributed by atoms with van der Waals surface area (Å²) < 4.78 is 15.1. The molecule has 2 aromatic carbocycles. The van der Waals surface area contributed by atoms with Gasteiger partial charge in [0.15, 0.2) is 4.80 Å². The van der Waals surface area contributed by atoms with Crippen LogP contribution in [-0.4, -0.2) is 28.3 Å². The van der Waals surface area contributed by atoms with Crippen molar-refractivity contribution in [3.8, 4) is 18.1 Å². The van der Waals surface area contributed by atoms with Gasteiger partial charge >= 0.3 is 5.97 Å². The van der Waals surface area contributed by atoms with E-state index in [0.717, 1.165) is 22.0 Å². The molecule has 0 aliphatic carbocycles. The highest BCUT2D eigenvalue weighted by molar-refractivity contribution is 7.07.